The van der Waals surface area contributed by atoms with Gasteiger partial charge in [-0.25, -0.2) is 4.79 Å². The van der Waals surface area contributed by atoms with Crippen molar-refractivity contribution in [3.8, 4) is 0 Å². The lowest BCUT2D eigenvalue weighted by atomic mass is 10.1. The third kappa shape index (κ3) is 5.24. The third-order valence-electron chi connectivity index (χ3n) is 5.53. The molecule has 3 aromatic carbocycles. The number of ether oxygens (including phenoxy) is 1. The van der Waals surface area contributed by atoms with Crippen LogP contribution in [-0.2, 0) is 29.1 Å². The Balaban J connectivity index is 1.40. The molecule has 0 spiro atoms. The molecule has 5 heteroatoms. The topological polar surface area (TPSA) is 51.5 Å². The number of nitrogens with zero attached hydrogens (tertiary/aromatic N) is 2. The van der Waals surface area contributed by atoms with Gasteiger partial charge in [0, 0.05) is 25.3 Å². The van der Waals surface area contributed by atoms with E-state index in [1.54, 1.807) is 17.0 Å². The molecular weight excluding hydrogens is 400 g/mol. The molecule has 0 fully saturated rings. The lowest BCUT2D eigenvalue weighted by molar-refractivity contribution is -0.130. The lowest BCUT2D eigenvalue weighted by Crippen LogP contribution is -2.31. The number of hydrogen-bond acceptors (Lipinski definition) is 3. The van der Waals surface area contributed by atoms with Crippen molar-refractivity contribution in [2.45, 2.75) is 19.6 Å². The van der Waals surface area contributed by atoms with Gasteiger partial charge >= 0.3 is 5.97 Å². The molecule has 1 aromatic heterocycles. The Morgan fingerprint density at radius 1 is 0.875 bits per heavy atom. The van der Waals surface area contributed by atoms with Gasteiger partial charge in [0.2, 0.25) is 5.91 Å². The van der Waals surface area contributed by atoms with E-state index >= 15 is 0 Å². The molecule has 0 aliphatic rings. The monoisotopic (exact) mass is 426 g/mol. The number of fused-ring (bicyclic) bond motifs is 1. The molecule has 4 rings (SSSR count). The summed E-state index contributed by atoms with van der Waals surface area (Å²) in [5, 5.41) is 0.976. The maximum atomic E-state index is 12.8. The highest BCUT2D eigenvalue weighted by Gasteiger charge is 2.14. The van der Waals surface area contributed by atoms with Crippen LogP contribution in [0.1, 0.15) is 21.5 Å². The van der Waals surface area contributed by atoms with Gasteiger partial charge < -0.3 is 14.2 Å². The Hall–Kier alpha value is -3.86. The molecule has 5 nitrogen and oxygen atoms in total. The number of hydrogen-bond donors (Lipinski definition) is 0. The standard InChI is InChI=1S/C27H26N2O3/c1-28(16-14-21-8-4-2-5-9-21)26(30)19-29-17-15-23-12-13-24(18-25(23)29)27(31)32-20-22-10-6-3-7-11-22/h2-13,15,17-18H,14,16,19-20H2,1H3. The largest absolute Gasteiger partial charge is 0.457 e. The number of amides is 1. The van der Waals surface area contributed by atoms with Crippen molar-refractivity contribution < 1.29 is 14.3 Å². The van der Waals surface area contributed by atoms with Gasteiger partial charge in [0.25, 0.3) is 0 Å². The first kappa shape index (κ1) is 21.4. The molecule has 0 atom stereocenters. The van der Waals surface area contributed by atoms with Gasteiger partial charge in [0.1, 0.15) is 13.2 Å². The molecule has 0 saturated carbocycles. The van der Waals surface area contributed by atoms with Crippen molar-refractivity contribution in [1.29, 1.82) is 0 Å². The average Bonchev–Trinajstić information content (AvgIpc) is 3.24. The summed E-state index contributed by atoms with van der Waals surface area (Å²) in [7, 11) is 1.82. The molecule has 0 aliphatic carbocycles. The average molecular weight is 427 g/mol. The third-order valence-corrected chi connectivity index (χ3v) is 5.53. The van der Waals surface area contributed by atoms with Crippen molar-refractivity contribution in [3.05, 3.63) is 108 Å². The summed E-state index contributed by atoms with van der Waals surface area (Å²) >= 11 is 0. The van der Waals surface area contributed by atoms with Gasteiger partial charge in [-0.2, -0.15) is 0 Å². The van der Waals surface area contributed by atoms with E-state index in [1.807, 2.05) is 78.5 Å². The molecular formula is C27H26N2O3. The normalized spacial score (nSPS) is 10.8. The van der Waals surface area contributed by atoms with Gasteiger partial charge in [-0.05, 0) is 41.1 Å². The van der Waals surface area contributed by atoms with Gasteiger partial charge in [-0.3, -0.25) is 4.79 Å². The minimum Gasteiger partial charge on any atom is -0.457 e. The summed E-state index contributed by atoms with van der Waals surface area (Å²) in [6.45, 7) is 1.10. The maximum Gasteiger partial charge on any atom is 0.338 e. The Morgan fingerprint density at radius 3 is 2.28 bits per heavy atom. The number of carbonyl (C=O) groups excluding carboxylic acids is 2. The Labute approximate surface area is 187 Å². The first-order chi connectivity index (χ1) is 15.6. The first-order valence-electron chi connectivity index (χ1n) is 10.7. The van der Waals surface area contributed by atoms with E-state index in [-0.39, 0.29) is 25.0 Å². The molecule has 4 aromatic rings. The minimum absolute atomic E-state index is 0.0236. The highest BCUT2D eigenvalue weighted by molar-refractivity contribution is 5.95. The van der Waals surface area contributed by atoms with E-state index in [2.05, 4.69) is 12.1 Å². The van der Waals surface area contributed by atoms with Gasteiger partial charge in [0.05, 0.1) is 5.56 Å². The summed E-state index contributed by atoms with van der Waals surface area (Å²) < 4.78 is 7.33. The van der Waals surface area contributed by atoms with Crippen molar-refractivity contribution >= 4 is 22.8 Å². The van der Waals surface area contributed by atoms with Crippen LogP contribution in [-0.4, -0.2) is 34.9 Å². The number of esters is 1. The van der Waals surface area contributed by atoms with E-state index in [0.29, 0.717) is 12.1 Å². The highest BCUT2D eigenvalue weighted by Crippen LogP contribution is 2.19. The SMILES string of the molecule is CN(CCc1ccccc1)C(=O)Cn1ccc2ccc(C(=O)OCc3ccccc3)cc21. The van der Waals surface area contributed by atoms with E-state index in [1.165, 1.54) is 5.56 Å². The zero-order chi connectivity index (χ0) is 22.3. The van der Waals surface area contributed by atoms with E-state index in [4.69, 9.17) is 4.74 Å². The first-order valence-corrected chi connectivity index (χ1v) is 10.7. The predicted octanol–water partition coefficient (Wildman–Crippen LogP) is 4.70. The van der Waals surface area contributed by atoms with Gasteiger partial charge in [0.15, 0.2) is 0 Å². The van der Waals surface area contributed by atoms with Gasteiger partial charge in [-0.1, -0.05) is 66.7 Å². The molecule has 0 bridgehead atoms. The van der Waals surface area contributed by atoms with Crippen LogP contribution in [0.25, 0.3) is 10.9 Å². The molecule has 0 aliphatic heterocycles. The van der Waals surface area contributed by atoms with Crippen LogP contribution >= 0.6 is 0 Å². The quantitative estimate of drug-likeness (QED) is 0.384. The Kier molecular flexibility index (Phi) is 6.66. The smallest absolute Gasteiger partial charge is 0.338 e. The van der Waals surface area contributed by atoms with E-state index < -0.39 is 0 Å². The number of rotatable bonds is 8. The second-order valence-corrected chi connectivity index (χ2v) is 7.83. The van der Waals surface area contributed by atoms with Crippen molar-refractivity contribution in [1.82, 2.24) is 9.47 Å². The summed E-state index contributed by atoms with van der Waals surface area (Å²) in [6, 6.07) is 27.1. The fraction of sp³-hybridized carbons (Fsp3) is 0.185. The number of aromatic nitrogens is 1. The molecule has 1 heterocycles. The van der Waals surface area contributed by atoms with E-state index in [9.17, 15) is 9.59 Å². The van der Waals surface area contributed by atoms with Crippen LogP contribution in [0.5, 0.6) is 0 Å². The van der Waals surface area contributed by atoms with Crippen molar-refractivity contribution in [3.63, 3.8) is 0 Å². The molecule has 32 heavy (non-hydrogen) atoms. The molecule has 0 unspecified atom stereocenters. The number of carbonyl (C=O) groups is 2. The predicted molar refractivity (Wildman–Crippen MR) is 125 cm³/mol. The summed E-state index contributed by atoms with van der Waals surface area (Å²) in [4.78, 5) is 27.1. The van der Waals surface area contributed by atoms with Crippen LogP contribution in [0.3, 0.4) is 0 Å². The second kappa shape index (κ2) is 9.96. The summed E-state index contributed by atoms with van der Waals surface area (Å²) in [6.07, 6.45) is 2.69. The van der Waals surface area contributed by atoms with Crippen molar-refractivity contribution in [2.24, 2.45) is 0 Å². The van der Waals surface area contributed by atoms with E-state index in [0.717, 1.165) is 22.9 Å². The summed E-state index contributed by atoms with van der Waals surface area (Å²) in [5.74, 6) is -0.356. The number of benzene rings is 3. The molecule has 162 valence electrons. The molecule has 0 radical (unpaired) electrons. The highest BCUT2D eigenvalue weighted by atomic mass is 16.5. The number of likely N-dealkylation sites (N-methyl/N-ethyl adjacent to an activating group) is 1. The van der Waals surface area contributed by atoms with Gasteiger partial charge in [-0.15, -0.1) is 0 Å². The van der Waals surface area contributed by atoms with Crippen LogP contribution in [0, 0.1) is 0 Å². The summed E-state index contributed by atoms with van der Waals surface area (Å²) in [5.41, 5.74) is 3.45. The lowest BCUT2D eigenvalue weighted by Gasteiger charge is -2.18. The van der Waals surface area contributed by atoms with Crippen LogP contribution in [0.2, 0.25) is 0 Å². The molecule has 0 N–H and O–H groups in total. The van der Waals surface area contributed by atoms with Crippen LogP contribution < -0.4 is 0 Å². The fourth-order valence-electron chi connectivity index (χ4n) is 3.59. The maximum absolute atomic E-state index is 12.8. The molecule has 0 saturated heterocycles. The Morgan fingerprint density at radius 2 is 1.56 bits per heavy atom. The van der Waals surface area contributed by atoms with Crippen LogP contribution in [0.4, 0.5) is 0 Å². The second-order valence-electron chi connectivity index (χ2n) is 7.83. The Bertz CT molecular complexity index is 1200. The van der Waals surface area contributed by atoms with Crippen LogP contribution in [0.15, 0.2) is 91.1 Å². The molecule has 1 amide bonds. The minimum atomic E-state index is -0.380. The fourth-order valence-corrected chi connectivity index (χ4v) is 3.59. The zero-order valence-electron chi connectivity index (χ0n) is 18.1. The van der Waals surface area contributed by atoms with Crippen molar-refractivity contribution in [2.75, 3.05) is 13.6 Å². The zero-order valence-corrected chi connectivity index (χ0v) is 18.1.